The Morgan fingerprint density at radius 1 is 1.69 bits per heavy atom. The summed E-state index contributed by atoms with van der Waals surface area (Å²) < 4.78 is 4.51. The molecule has 0 aliphatic heterocycles. The molecule has 13 heavy (non-hydrogen) atoms. The summed E-state index contributed by atoms with van der Waals surface area (Å²) in [4.78, 5) is 14.8. The highest BCUT2D eigenvalue weighted by atomic mass is 16.5. The summed E-state index contributed by atoms with van der Waals surface area (Å²) >= 11 is 0. The highest BCUT2D eigenvalue weighted by molar-refractivity contribution is 5.72. The summed E-state index contributed by atoms with van der Waals surface area (Å²) in [5, 5.41) is 0. The molecule has 0 unspecified atom stereocenters. The fourth-order valence-electron chi connectivity index (χ4n) is 0.902. The van der Waals surface area contributed by atoms with Gasteiger partial charge in [0.05, 0.1) is 13.5 Å². The van der Waals surface area contributed by atoms with Crippen LogP contribution in [-0.4, -0.2) is 18.1 Å². The van der Waals surface area contributed by atoms with Crippen LogP contribution in [0.25, 0.3) is 0 Å². The maximum absolute atomic E-state index is 10.9. The van der Waals surface area contributed by atoms with E-state index in [0.717, 1.165) is 5.56 Å². The van der Waals surface area contributed by atoms with E-state index in [-0.39, 0.29) is 12.4 Å². The molecule has 3 nitrogen and oxygen atoms in total. The lowest BCUT2D eigenvalue weighted by Gasteiger charge is -1.99. The van der Waals surface area contributed by atoms with Crippen molar-refractivity contribution in [1.29, 1.82) is 0 Å². The average Bonchev–Trinajstić information content (AvgIpc) is 2.18. The molecule has 0 spiro atoms. The molecular formula is C10H9NO2. The molecule has 0 N–H and O–H groups in total. The summed E-state index contributed by atoms with van der Waals surface area (Å²) in [6.45, 7) is 0. The number of terminal acetylenes is 1. The number of rotatable bonds is 2. The maximum Gasteiger partial charge on any atom is 0.310 e. The van der Waals surface area contributed by atoms with E-state index in [1.807, 2.05) is 0 Å². The van der Waals surface area contributed by atoms with Gasteiger partial charge in [0.1, 0.15) is 0 Å². The van der Waals surface area contributed by atoms with Crippen molar-refractivity contribution in [3.8, 4) is 12.3 Å². The Hall–Kier alpha value is -1.82. The fraction of sp³-hybridized carbons (Fsp3) is 0.200. The van der Waals surface area contributed by atoms with Gasteiger partial charge >= 0.3 is 5.97 Å². The first kappa shape index (κ1) is 9.27. The van der Waals surface area contributed by atoms with Crippen LogP contribution in [0.3, 0.4) is 0 Å². The monoisotopic (exact) mass is 175 g/mol. The van der Waals surface area contributed by atoms with Crippen LogP contribution in [-0.2, 0) is 16.0 Å². The number of carbonyl (C=O) groups excluding carboxylic acids is 1. The van der Waals surface area contributed by atoms with Gasteiger partial charge in [0.2, 0.25) is 0 Å². The highest BCUT2D eigenvalue weighted by Gasteiger charge is 2.02. The Balaban J connectivity index is 2.79. The predicted octanol–water partition coefficient (Wildman–Crippen LogP) is 0.778. The van der Waals surface area contributed by atoms with Crippen LogP contribution in [0.1, 0.15) is 11.1 Å². The number of hydrogen-bond acceptors (Lipinski definition) is 3. The van der Waals surface area contributed by atoms with E-state index in [9.17, 15) is 4.79 Å². The summed E-state index contributed by atoms with van der Waals surface area (Å²) in [5.74, 6) is 2.15. The van der Waals surface area contributed by atoms with Gasteiger partial charge in [0, 0.05) is 18.0 Å². The van der Waals surface area contributed by atoms with Crippen molar-refractivity contribution in [2.75, 3.05) is 7.11 Å². The number of nitrogens with zero attached hydrogens (tertiary/aromatic N) is 1. The van der Waals surface area contributed by atoms with Gasteiger partial charge in [-0.15, -0.1) is 6.42 Å². The average molecular weight is 175 g/mol. The second kappa shape index (κ2) is 4.27. The summed E-state index contributed by atoms with van der Waals surface area (Å²) in [7, 11) is 1.35. The smallest absolute Gasteiger partial charge is 0.310 e. The largest absolute Gasteiger partial charge is 0.469 e. The van der Waals surface area contributed by atoms with E-state index >= 15 is 0 Å². The second-order valence-electron chi connectivity index (χ2n) is 2.48. The molecule has 0 atom stereocenters. The molecule has 0 aliphatic carbocycles. The highest BCUT2D eigenvalue weighted by Crippen LogP contribution is 2.02. The topological polar surface area (TPSA) is 39.2 Å². The van der Waals surface area contributed by atoms with Crippen molar-refractivity contribution in [2.45, 2.75) is 6.42 Å². The number of methoxy groups -OCH3 is 1. The summed E-state index contributed by atoms with van der Waals surface area (Å²) in [6, 6.07) is 1.74. The third-order valence-corrected chi connectivity index (χ3v) is 1.54. The van der Waals surface area contributed by atoms with Crippen molar-refractivity contribution in [3.63, 3.8) is 0 Å². The quantitative estimate of drug-likeness (QED) is 0.492. The molecule has 1 heterocycles. The number of pyridine rings is 1. The second-order valence-corrected chi connectivity index (χ2v) is 2.48. The lowest BCUT2D eigenvalue weighted by Crippen LogP contribution is -2.04. The lowest BCUT2D eigenvalue weighted by atomic mass is 10.1. The van der Waals surface area contributed by atoms with E-state index in [2.05, 4.69) is 15.6 Å². The molecule has 66 valence electrons. The van der Waals surface area contributed by atoms with Crippen LogP contribution in [0.4, 0.5) is 0 Å². The third kappa shape index (κ3) is 2.60. The number of aromatic nitrogens is 1. The van der Waals surface area contributed by atoms with Gasteiger partial charge in [-0.05, 0) is 11.6 Å². The van der Waals surface area contributed by atoms with Crippen molar-refractivity contribution in [2.24, 2.45) is 0 Å². The zero-order chi connectivity index (χ0) is 9.68. The van der Waals surface area contributed by atoms with Gasteiger partial charge in [-0.2, -0.15) is 0 Å². The van der Waals surface area contributed by atoms with E-state index < -0.39 is 0 Å². The normalized spacial score (nSPS) is 8.92. The summed E-state index contributed by atoms with van der Waals surface area (Å²) in [6.07, 6.45) is 8.55. The van der Waals surface area contributed by atoms with E-state index in [4.69, 9.17) is 6.42 Å². The zero-order valence-electron chi connectivity index (χ0n) is 7.28. The molecule has 1 aromatic rings. The number of carbonyl (C=O) groups is 1. The molecule has 0 bridgehead atoms. The standard InChI is InChI=1S/C10H9NO2/c1-3-8-4-9(7-11-6-8)5-10(12)13-2/h1,4,6-7H,5H2,2H3. The molecule has 1 aromatic heterocycles. The van der Waals surface area contributed by atoms with Gasteiger partial charge in [-0.1, -0.05) is 5.92 Å². The molecule has 0 saturated carbocycles. The maximum atomic E-state index is 10.9. The summed E-state index contributed by atoms with van der Waals surface area (Å²) in [5.41, 5.74) is 1.43. The molecular weight excluding hydrogens is 166 g/mol. The minimum atomic E-state index is -0.295. The van der Waals surface area contributed by atoms with Crippen molar-refractivity contribution in [3.05, 3.63) is 29.6 Å². The van der Waals surface area contributed by atoms with E-state index in [1.54, 1.807) is 18.5 Å². The molecule has 0 amide bonds. The Kier molecular flexibility index (Phi) is 3.04. The van der Waals surface area contributed by atoms with Crippen LogP contribution < -0.4 is 0 Å². The van der Waals surface area contributed by atoms with Crippen LogP contribution in [0.5, 0.6) is 0 Å². The minimum Gasteiger partial charge on any atom is -0.469 e. The van der Waals surface area contributed by atoms with Crippen molar-refractivity contribution in [1.82, 2.24) is 4.98 Å². The molecule has 0 aliphatic rings. The van der Waals surface area contributed by atoms with Crippen molar-refractivity contribution >= 4 is 5.97 Å². The van der Waals surface area contributed by atoms with Gasteiger partial charge in [-0.3, -0.25) is 9.78 Å². The van der Waals surface area contributed by atoms with Crippen molar-refractivity contribution < 1.29 is 9.53 Å². The van der Waals surface area contributed by atoms with Crippen LogP contribution in [0, 0.1) is 12.3 Å². The minimum absolute atomic E-state index is 0.207. The zero-order valence-corrected chi connectivity index (χ0v) is 7.28. The van der Waals surface area contributed by atoms with Gasteiger partial charge in [-0.25, -0.2) is 0 Å². The molecule has 0 saturated heterocycles. The van der Waals surface area contributed by atoms with Gasteiger partial charge < -0.3 is 4.74 Å². The van der Waals surface area contributed by atoms with Crippen LogP contribution in [0.2, 0.25) is 0 Å². The molecule has 0 aromatic carbocycles. The Morgan fingerprint density at radius 3 is 3.08 bits per heavy atom. The number of hydrogen-bond donors (Lipinski definition) is 0. The molecule has 3 heteroatoms. The SMILES string of the molecule is C#Cc1cncc(CC(=O)OC)c1. The molecule has 1 rings (SSSR count). The Labute approximate surface area is 76.8 Å². The molecule has 0 fully saturated rings. The first-order chi connectivity index (χ1) is 6.26. The van der Waals surface area contributed by atoms with Crippen LogP contribution >= 0.6 is 0 Å². The van der Waals surface area contributed by atoms with E-state index in [0.29, 0.717) is 5.56 Å². The van der Waals surface area contributed by atoms with Crippen LogP contribution in [0.15, 0.2) is 18.5 Å². The molecule has 0 radical (unpaired) electrons. The fourth-order valence-corrected chi connectivity index (χ4v) is 0.902. The lowest BCUT2D eigenvalue weighted by molar-refractivity contribution is -0.139. The first-order valence-electron chi connectivity index (χ1n) is 3.73. The third-order valence-electron chi connectivity index (χ3n) is 1.54. The van der Waals surface area contributed by atoms with E-state index in [1.165, 1.54) is 7.11 Å². The van der Waals surface area contributed by atoms with Gasteiger partial charge in [0.15, 0.2) is 0 Å². The Bertz CT molecular complexity index is 352. The van der Waals surface area contributed by atoms with Gasteiger partial charge in [0.25, 0.3) is 0 Å². The number of ether oxygens (including phenoxy) is 1. The predicted molar refractivity (Wildman–Crippen MR) is 47.9 cm³/mol. The first-order valence-corrected chi connectivity index (χ1v) is 3.73. The Morgan fingerprint density at radius 2 is 2.46 bits per heavy atom. The number of esters is 1.